The standard InChI is InChI=1S/C17H21NO/c1-3-12-19-16-11-7-10-15(13-16)17(18-2)14-8-5-4-6-9-14/h4-11,13,17-18H,3,12H2,1-2H3. The van der Waals surface area contributed by atoms with E-state index in [1.54, 1.807) is 0 Å². The molecule has 0 fully saturated rings. The third kappa shape index (κ3) is 3.58. The molecule has 0 aliphatic carbocycles. The largest absolute Gasteiger partial charge is 0.494 e. The molecule has 0 saturated carbocycles. The van der Waals surface area contributed by atoms with Crippen molar-refractivity contribution in [2.45, 2.75) is 19.4 Å². The minimum absolute atomic E-state index is 0.200. The van der Waals surface area contributed by atoms with Crippen molar-refractivity contribution in [3.8, 4) is 5.75 Å². The molecule has 0 amide bonds. The van der Waals surface area contributed by atoms with Gasteiger partial charge in [0, 0.05) is 0 Å². The van der Waals surface area contributed by atoms with Gasteiger partial charge in [0.15, 0.2) is 0 Å². The predicted octanol–water partition coefficient (Wildman–Crippen LogP) is 3.78. The summed E-state index contributed by atoms with van der Waals surface area (Å²) in [6.07, 6.45) is 1.03. The zero-order valence-corrected chi connectivity index (χ0v) is 11.6. The van der Waals surface area contributed by atoms with Crippen LogP contribution in [0.25, 0.3) is 0 Å². The van der Waals surface area contributed by atoms with E-state index in [2.05, 4.69) is 48.6 Å². The van der Waals surface area contributed by atoms with Crippen molar-refractivity contribution < 1.29 is 4.74 Å². The van der Waals surface area contributed by atoms with Crippen LogP contribution in [0, 0.1) is 0 Å². The van der Waals surface area contributed by atoms with Crippen LogP contribution in [-0.2, 0) is 0 Å². The molecule has 19 heavy (non-hydrogen) atoms. The molecule has 0 heterocycles. The second-order valence-corrected chi connectivity index (χ2v) is 4.55. The van der Waals surface area contributed by atoms with Gasteiger partial charge in [-0.15, -0.1) is 0 Å². The zero-order valence-electron chi connectivity index (χ0n) is 11.6. The molecule has 2 nitrogen and oxygen atoms in total. The quantitative estimate of drug-likeness (QED) is 0.848. The van der Waals surface area contributed by atoms with Crippen LogP contribution in [-0.4, -0.2) is 13.7 Å². The van der Waals surface area contributed by atoms with Gasteiger partial charge in [-0.1, -0.05) is 49.4 Å². The van der Waals surface area contributed by atoms with Gasteiger partial charge in [0.1, 0.15) is 5.75 Å². The Morgan fingerprint density at radius 3 is 2.42 bits per heavy atom. The second-order valence-electron chi connectivity index (χ2n) is 4.55. The highest BCUT2D eigenvalue weighted by Gasteiger charge is 2.11. The summed E-state index contributed by atoms with van der Waals surface area (Å²) in [5.74, 6) is 0.940. The number of hydrogen-bond acceptors (Lipinski definition) is 2. The molecule has 0 bridgehead atoms. The van der Waals surface area contributed by atoms with Crippen LogP contribution in [0.4, 0.5) is 0 Å². The highest BCUT2D eigenvalue weighted by atomic mass is 16.5. The van der Waals surface area contributed by atoms with Crippen molar-refractivity contribution in [1.29, 1.82) is 0 Å². The maximum absolute atomic E-state index is 5.70. The fourth-order valence-corrected chi connectivity index (χ4v) is 2.18. The van der Waals surface area contributed by atoms with Gasteiger partial charge in [-0.2, -0.15) is 0 Å². The summed E-state index contributed by atoms with van der Waals surface area (Å²) >= 11 is 0. The van der Waals surface area contributed by atoms with Crippen molar-refractivity contribution in [1.82, 2.24) is 5.32 Å². The number of nitrogens with one attached hydrogen (secondary N) is 1. The van der Waals surface area contributed by atoms with Gasteiger partial charge in [-0.05, 0) is 36.7 Å². The second kappa shape index (κ2) is 6.95. The van der Waals surface area contributed by atoms with Gasteiger partial charge in [-0.25, -0.2) is 0 Å². The molecule has 1 unspecified atom stereocenters. The summed E-state index contributed by atoms with van der Waals surface area (Å²) < 4.78 is 5.70. The first-order valence-electron chi connectivity index (χ1n) is 6.80. The van der Waals surface area contributed by atoms with Crippen molar-refractivity contribution in [3.63, 3.8) is 0 Å². The van der Waals surface area contributed by atoms with E-state index in [1.165, 1.54) is 11.1 Å². The Morgan fingerprint density at radius 2 is 1.74 bits per heavy atom. The molecule has 1 N–H and O–H groups in total. The van der Waals surface area contributed by atoms with Crippen LogP contribution < -0.4 is 10.1 Å². The Balaban J connectivity index is 2.23. The predicted molar refractivity (Wildman–Crippen MR) is 79.6 cm³/mol. The first-order valence-corrected chi connectivity index (χ1v) is 6.80. The average molecular weight is 255 g/mol. The average Bonchev–Trinajstić information content (AvgIpc) is 2.47. The Hall–Kier alpha value is -1.80. The Bertz CT molecular complexity index is 496. The molecule has 1 atom stereocenters. The highest BCUT2D eigenvalue weighted by molar-refractivity contribution is 5.36. The molecule has 2 rings (SSSR count). The third-order valence-corrected chi connectivity index (χ3v) is 3.09. The van der Waals surface area contributed by atoms with Gasteiger partial charge in [-0.3, -0.25) is 0 Å². The van der Waals surface area contributed by atoms with Gasteiger partial charge in [0.25, 0.3) is 0 Å². The van der Waals surface area contributed by atoms with E-state index in [0.29, 0.717) is 0 Å². The van der Waals surface area contributed by atoms with Gasteiger partial charge in [0.2, 0.25) is 0 Å². The highest BCUT2D eigenvalue weighted by Crippen LogP contribution is 2.24. The minimum atomic E-state index is 0.200. The van der Waals surface area contributed by atoms with E-state index in [-0.39, 0.29) is 6.04 Å². The lowest BCUT2D eigenvalue weighted by Gasteiger charge is -2.18. The topological polar surface area (TPSA) is 21.3 Å². The monoisotopic (exact) mass is 255 g/mol. The maximum Gasteiger partial charge on any atom is 0.119 e. The minimum Gasteiger partial charge on any atom is -0.494 e. The molecule has 0 aliphatic heterocycles. The van der Waals surface area contributed by atoms with Crippen LogP contribution in [0.5, 0.6) is 5.75 Å². The summed E-state index contributed by atoms with van der Waals surface area (Å²) in [5, 5.41) is 3.36. The Labute approximate surface area is 115 Å². The number of hydrogen-bond donors (Lipinski definition) is 1. The molecular formula is C17H21NO. The molecule has 100 valence electrons. The molecular weight excluding hydrogens is 234 g/mol. The van der Waals surface area contributed by atoms with Crippen LogP contribution in [0.3, 0.4) is 0 Å². The number of rotatable bonds is 6. The normalized spacial score (nSPS) is 12.1. The summed E-state index contributed by atoms with van der Waals surface area (Å²) in [6, 6.07) is 19.0. The van der Waals surface area contributed by atoms with Gasteiger partial charge >= 0.3 is 0 Å². The van der Waals surface area contributed by atoms with Crippen LogP contribution >= 0.6 is 0 Å². The first kappa shape index (κ1) is 13.6. The summed E-state index contributed by atoms with van der Waals surface area (Å²) in [6.45, 7) is 2.88. The smallest absolute Gasteiger partial charge is 0.119 e. The molecule has 2 aromatic rings. The summed E-state index contributed by atoms with van der Waals surface area (Å²) in [4.78, 5) is 0. The van der Waals surface area contributed by atoms with Gasteiger partial charge < -0.3 is 10.1 Å². The van der Waals surface area contributed by atoms with Crippen LogP contribution in [0.1, 0.15) is 30.5 Å². The van der Waals surface area contributed by atoms with E-state index in [0.717, 1.165) is 18.8 Å². The summed E-state index contributed by atoms with van der Waals surface area (Å²) in [5.41, 5.74) is 2.49. The molecule has 0 spiro atoms. The lowest BCUT2D eigenvalue weighted by atomic mass is 9.99. The fourth-order valence-electron chi connectivity index (χ4n) is 2.18. The Morgan fingerprint density at radius 1 is 1.00 bits per heavy atom. The lowest BCUT2D eigenvalue weighted by molar-refractivity contribution is 0.317. The lowest BCUT2D eigenvalue weighted by Crippen LogP contribution is -2.17. The van der Waals surface area contributed by atoms with E-state index in [9.17, 15) is 0 Å². The molecule has 0 aliphatic rings. The van der Waals surface area contributed by atoms with Crippen LogP contribution in [0.2, 0.25) is 0 Å². The number of benzene rings is 2. The van der Waals surface area contributed by atoms with Crippen molar-refractivity contribution in [2.75, 3.05) is 13.7 Å². The summed E-state index contributed by atoms with van der Waals surface area (Å²) in [7, 11) is 1.98. The third-order valence-electron chi connectivity index (χ3n) is 3.09. The van der Waals surface area contributed by atoms with Crippen molar-refractivity contribution in [3.05, 3.63) is 65.7 Å². The van der Waals surface area contributed by atoms with E-state index in [4.69, 9.17) is 4.74 Å². The Kier molecular flexibility index (Phi) is 4.99. The van der Waals surface area contributed by atoms with Crippen LogP contribution in [0.15, 0.2) is 54.6 Å². The van der Waals surface area contributed by atoms with Gasteiger partial charge in [0.05, 0.1) is 12.6 Å². The fraction of sp³-hybridized carbons (Fsp3) is 0.294. The first-order chi connectivity index (χ1) is 9.35. The molecule has 0 aromatic heterocycles. The molecule has 0 radical (unpaired) electrons. The zero-order chi connectivity index (χ0) is 13.5. The van der Waals surface area contributed by atoms with Crippen molar-refractivity contribution >= 4 is 0 Å². The number of ether oxygens (including phenoxy) is 1. The SMILES string of the molecule is CCCOc1cccc(C(NC)c2ccccc2)c1. The van der Waals surface area contributed by atoms with Crippen molar-refractivity contribution in [2.24, 2.45) is 0 Å². The molecule has 2 heteroatoms. The van der Waals surface area contributed by atoms with E-state index in [1.807, 2.05) is 25.2 Å². The van der Waals surface area contributed by atoms with E-state index < -0.39 is 0 Å². The van der Waals surface area contributed by atoms with E-state index >= 15 is 0 Å². The molecule has 0 saturated heterocycles. The molecule has 2 aromatic carbocycles. The maximum atomic E-state index is 5.70.